The van der Waals surface area contributed by atoms with Crippen molar-refractivity contribution >= 4 is 17.6 Å². The first-order valence-corrected chi connectivity index (χ1v) is 9.70. The molecular weight excluding hydrogens is 382 g/mol. The van der Waals surface area contributed by atoms with Crippen LogP contribution in [0.15, 0.2) is 48.6 Å². The van der Waals surface area contributed by atoms with Crippen molar-refractivity contribution in [1.29, 1.82) is 0 Å². The summed E-state index contributed by atoms with van der Waals surface area (Å²) in [6.07, 6.45) is 6.12. The standard InChI is InChI=1S/C24H27NO5/c1-27-19-15-21(29-3)24(22(16-19)30-4)18-11-13-25(14-12-18)23(26)10-9-17-7-5-6-8-20(17)28-2/h5-11,15-16H,12-14H2,1-4H3/b10-9+. The molecule has 0 spiro atoms. The number of hydrogen-bond donors (Lipinski definition) is 0. The molecular formula is C24H27NO5. The Bertz CT molecular complexity index is 939. The number of benzene rings is 2. The van der Waals surface area contributed by atoms with Crippen molar-refractivity contribution in [2.24, 2.45) is 0 Å². The Morgan fingerprint density at radius 2 is 1.60 bits per heavy atom. The van der Waals surface area contributed by atoms with E-state index in [4.69, 9.17) is 18.9 Å². The van der Waals surface area contributed by atoms with Gasteiger partial charge >= 0.3 is 0 Å². The average Bonchev–Trinajstić information content (AvgIpc) is 2.81. The van der Waals surface area contributed by atoms with Gasteiger partial charge in [0.05, 0.1) is 34.0 Å². The zero-order chi connectivity index (χ0) is 21.5. The fourth-order valence-corrected chi connectivity index (χ4v) is 3.49. The highest BCUT2D eigenvalue weighted by Gasteiger charge is 2.22. The Morgan fingerprint density at radius 3 is 2.17 bits per heavy atom. The van der Waals surface area contributed by atoms with E-state index >= 15 is 0 Å². The normalized spacial score (nSPS) is 13.7. The molecule has 0 unspecified atom stereocenters. The van der Waals surface area contributed by atoms with Crippen LogP contribution in [0.1, 0.15) is 17.5 Å². The van der Waals surface area contributed by atoms with Gasteiger partial charge in [0.2, 0.25) is 5.91 Å². The first-order chi connectivity index (χ1) is 14.6. The number of para-hydroxylation sites is 1. The molecule has 6 nitrogen and oxygen atoms in total. The van der Waals surface area contributed by atoms with E-state index in [1.54, 1.807) is 45.5 Å². The van der Waals surface area contributed by atoms with Crippen LogP contribution in [-0.4, -0.2) is 52.3 Å². The van der Waals surface area contributed by atoms with Crippen LogP contribution in [0.4, 0.5) is 0 Å². The van der Waals surface area contributed by atoms with E-state index in [2.05, 4.69) is 0 Å². The van der Waals surface area contributed by atoms with Gasteiger partial charge in [-0.15, -0.1) is 0 Å². The highest BCUT2D eigenvalue weighted by Crippen LogP contribution is 2.40. The van der Waals surface area contributed by atoms with E-state index in [1.165, 1.54) is 0 Å². The molecule has 0 aliphatic carbocycles. The third-order valence-electron chi connectivity index (χ3n) is 5.10. The molecule has 30 heavy (non-hydrogen) atoms. The second kappa shape index (κ2) is 9.87. The second-order valence-corrected chi connectivity index (χ2v) is 6.75. The van der Waals surface area contributed by atoms with Crippen molar-refractivity contribution in [2.75, 3.05) is 41.5 Å². The number of nitrogens with zero attached hydrogens (tertiary/aromatic N) is 1. The van der Waals surface area contributed by atoms with Gasteiger partial charge < -0.3 is 23.8 Å². The molecule has 0 saturated heterocycles. The summed E-state index contributed by atoms with van der Waals surface area (Å²) in [7, 11) is 6.47. The lowest BCUT2D eigenvalue weighted by molar-refractivity contribution is -0.125. The number of amides is 1. The maximum atomic E-state index is 12.6. The first-order valence-electron chi connectivity index (χ1n) is 9.70. The summed E-state index contributed by atoms with van der Waals surface area (Å²) in [5, 5.41) is 0. The quantitative estimate of drug-likeness (QED) is 0.646. The Kier molecular flexibility index (Phi) is 7.01. The minimum Gasteiger partial charge on any atom is -0.496 e. The van der Waals surface area contributed by atoms with Gasteiger partial charge in [-0.2, -0.15) is 0 Å². The summed E-state index contributed by atoms with van der Waals surface area (Å²) in [6.45, 7) is 1.13. The molecule has 6 heteroatoms. The van der Waals surface area contributed by atoms with E-state index in [0.717, 1.165) is 22.4 Å². The average molecular weight is 409 g/mol. The van der Waals surface area contributed by atoms with Gasteiger partial charge in [0.1, 0.15) is 23.0 Å². The molecule has 1 aliphatic rings. The number of hydrogen-bond acceptors (Lipinski definition) is 5. The molecule has 0 aromatic heterocycles. The lowest BCUT2D eigenvalue weighted by atomic mass is 9.97. The molecule has 0 N–H and O–H groups in total. The zero-order valence-electron chi connectivity index (χ0n) is 17.8. The summed E-state index contributed by atoms with van der Waals surface area (Å²) >= 11 is 0. The molecule has 0 fully saturated rings. The predicted octanol–water partition coefficient (Wildman–Crippen LogP) is 4.05. The van der Waals surface area contributed by atoms with Crippen LogP contribution >= 0.6 is 0 Å². The fourth-order valence-electron chi connectivity index (χ4n) is 3.49. The number of carbonyl (C=O) groups is 1. The van der Waals surface area contributed by atoms with E-state index in [0.29, 0.717) is 36.8 Å². The van der Waals surface area contributed by atoms with Gasteiger partial charge in [0.25, 0.3) is 0 Å². The van der Waals surface area contributed by atoms with E-state index < -0.39 is 0 Å². The molecule has 0 saturated carbocycles. The third-order valence-corrected chi connectivity index (χ3v) is 5.10. The smallest absolute Gasteiger partial charge is 0.246 e. The van der Waals surface area contributed by atoms with Gasteiger partial charge in [-0.3, -0.25) is 4.79 Å². The van der Waals surface area contributed by atoms with E-state index in [1.807, 2.05) is 42.5 Å². The third kappa shape index (κ3) is 4.59. The second-order valence-electron chi connectivity index (χ2n) is 6.75. The van der Waals surface area contributed by atoms with E-state index in [-0.39, 0.29) is 5.91 Å². The molecule has 1 heterocycles. The highest BCUT2D eigenvalue weighted by atomic mass is 16.5. The minimum atomic E-state index is -0.0372. The molecule has 158 valence electrons. The summed E-state index contributed by atoms with van der Waals surface area (Å²) in [4.78, 5) is 14.5. The van der Waals surface area contributed by atoms with Crippen LogP contribution in [-0.2, 0) is 4.79 Å². The lowest BCUT2D eigenvalue weighted by Crippen LogP contribution is -2.33. The summed E-state index contributed by atoms with van der Waals surface area (Å²) in [5.41, 5.74) is 2.86. The monoisotopic (exact) mass is 409 g/mol. The molecule has 0 bridgehead atoms. The van der Waals surface area contributed by atoms with Crippen molar-refractivity contribution in [3.05, 3.63) is 59.7 Å². The largest absolute Gasteiger partial charge is 0.496 e. The number of methoxy groups -OCH3 is 4. The van der Waals surface area contributed by atoms with Crippen molar-refractivity contribution in [1.82, 2.24) is 4.90 Å². The maximum Gasteiger partial charge on any atom is 0.246 e. The van der Waals surface area contributed by atoms with Gasteiger partial charge in [0.15, 0.2) is 0 Å². The number of ether oxygens (including phenoxy) is 4. The van der Waals surface area contributed by atoms with Crippen LogP contribution in [0.2, 0.25) is 0 Å². The summed E-state index contributed by atoms with van der Waals surface area (Å²) in [5.74, 6) is 2.75. The summed E-state index contributed by atoms with van der Waals surface area (Å²) in [6, 6.07) is 11.3. The SMILES string of the molecule is COc1cc(OC)c(C2=CCN(C(=O)/C=C/c3ccccc3OC)CC2)c(OC)c1. The Morgan fingerprint density at radius 1 is 0.933 bits per heavy atom. The van der Waals surface area contributed by atoms with Crippen molar-refractivity contribution in [2.45, 2.75) is 6.42 Å². The fraction of sp³-hybridized carbons (Fsp3) is 0.292. The van der Waals surface area contributed by atoms with Crippen molar-refractivity contribution in [3.8, 4) is 23.0 Å². The number of rotatable bonds is 7. The first kappa shape index (κ1) is 21.3. The minimum absolute atomic E-state index is 0.0372. The number of carbonyl (C=O) groups excluding carboxylic acids is 1. The molecule has 1 amide bonds. The Hall–Kier alpha value is -3.41. The van der Waals surface area contributed by atoms with Crippen molar-refractivity contribution in [3.63, 3.8) is 0 Å². The zero-order valence-corrected chi connectivity index (χ0v) is 17.8. The van der Waals surface area contributed by atoms with Crippen LogP contribution in [0.25, 0.3) is 11.6 Å². The molecule has 2 aromatic rings. The molecule has 1 aliphatic heterocycles. The van der Waals surface area contributed by atoms with E-state index in [9.17, 15) is 4.79 Å². The predicted molar refractivity (Wildman–Crippen MR) is 117 cm³/mol. The van der Waals surface area contributed by atoms with Gasteiger partial charge in [-0.1, -0.05) is 24.3 Å². The van der Waals surface area contributed by atoms with Crippen LogP contribution in [0.5, 0.6) is 23.0 Å². The molecule has 3 rings (SSSR count). The lowest BCUT2D eigenvalue weighted by Gasteiger charge is -2.27. The molecule has 2 aromatic carbocycles. The Balaban J connectivity index is 1.77. The van der Waals surface area contributed by atoms with Crippen LogP contribution in [0, 0.1) is 0 Å². The van der Waals surface area contributed by atoms with Crippen LogP contribution < -0.4 is 18.9 Å². The molecule has 0 radical (unpaired) electrons. The maximum absolute atomic E-state index is 12.6. The summed E-state index contributed by atoms with van der Waals surface area (Å²) < 4.78 is 21.8. The topological polar surface area (TPSA) is 57.2 Å². The van der Waals surface area contributed by atoms with Crippen molar-refractivity contribution < 1.29 is 23.7 Å². The van der Waals surface area contributed by atoms with Gasteiger partial charge in [-0.05, 0) is 24.1 Å². The van der Waals surface area contributed by atoms with Gasteiger partial charge in [-0.25, -0.2) is 0 Å². The highest BCUT2D eigenvalue weighted by molar-refractivity contribution is 5.93. The Labute approximate surface area is 177 Å². The van der Waals surface area contributed by atoms with Crippen LogP contribution in [0.3, 0.4) is 0 Å². The van der Waals surface area contributed by atoms with Gasteiger partial charge in [0, 0.05) is 36.9 Å². The molecule has 0 atom stereocenters.